The van der Waals surface area contributed by atoms with E-state index in [0.717, 1.165) is 18.2 Å². The van der Waals surface area contributed by atoms with Crippen molar-refractivity contribution in [2.75, 3.05) is 0 Å². The zero-order chi connectivity index (χ0) is 15.8. The number of aromatic carboxylic acids is 1. The maximum atomic E-state index is 13.2. The van der Waals surface area contributed by atoms with Gasteiger partial charge in [-0.1, -0.05) is 12.1 Å². The molecule has 0 saturated heterocycles. The van der Waals surface area contributed by atoms with E-state index in [0.29, 0.717) is 18.2 Å². The first-order valence-electron chi connectivity index (χ1n) is 5.60. The van der Waals surface area contributed by atoms with E-state index in [1.54, 1.807) is 0 Å². The molecule has 2 nitrogen and oxygen atoms in total. The summed E-state index contributed by atoms with van der Waals surface area (Å²) in [5.74, 6) is -3.80. The highest BCUT2D eigenvalue weighted by molar-refractivity contribution is 5.96. The standard InChI is InChI=1S/C14H7F5O2/c15-8-2-3-9(10(6-8)13(20)21)7-1-4-12(16)11(5-7)14(17,18)19/h1-6H,(H,20,21). The Labute approximate surface area is 115 Å². The van der Waals surface area contributed by atoms with Gasteiger partial charge in [-0.15, -0.1) is 0 Å². The van der Waals surface area contributed by atoms with Crippen molar-refractivity contribution >= 4 is 5.97 Å². The first-order valence-corrected chi connectivity index (χ1v) is 5.60. The van der Waals surface area contributed by atoms with Crippen molar-refractivity contribution in [2.45, 2.75) is 6.18 Å². The van der Waals surface area contributed by atoms with Crippen LogP contribution < -0.4 is 0 Å². The van der Waals surface area contributed by atoms with Crippen LogP contribution in [0.4, 0.5) is 22.0 Å². The third-order valence-electron chi connectivity index (χ3n) is 2.79. The molecule has 0 heterocycles. The number of hydrogen-bond donors (Lipinski definition) is 1. The molecule has 0 unspecified atom stereocenters. The molecule has 2 aromatic rings. The molecule has 0 aliphatic heterocycles. The van der Waals surface area contributed by atoms with Crippen LogP contribution in [0.15, 0.2) is 36.4 Å². The highest BCUT2D eigenvalue weighted by Crippen LogP contribution is 2.35. The van der Waals surface area contributed by atoms with Crippen molar-refractivity contribution in [1.29, 1.82) is 0 Å². The van der Waals surface area contributed by atoms with Crippen LogP contribution in [0.25, 0.3) is 11.1 Å². The molecule has 0 fully saturated rings. The molecule has 0 aliphatic rings. The minimum absolute atomic E-state index is 0.130. The average molecular weight is 302 g/mol. The van der Waals surface area contributed by atoms with Crippen molar-refractivity contribution in [2.24, 2.45) is 0 Å². The summed E-state index contributed by atoms with van der Waals surface area (Å²) >= 11 is 0. The molecular formula is C14H7F5O2. The lowest BCUT2D eigenvalue weighted by Gasteiger charge is -2.11. The summed E-state index contributed by atoms with van der Waals surface area (Å²) in [5, 5.41) is 8.97. The molecule has 0 spiro atoms. The minimum atomic E-state index is -4.91. The fraction of sp³-hybridized carbons (Fsp3) is 0.0714. The summed E-state index contributed by atoms with van der Waals surface area (Å²) in [5.41, 5.74) is -2.31. The Morgan fingerprint density at radius 1 is 1.00 bits per heavy atom. The maximum absolute atomic E-state index is 13.2. The fourth-order valence-electron chi connectivity index (χ4n) is 1.86. The van der Waals surface area contributed by atoms with Gasteiger partial charge in [-0.2, -0.15) is 13.2 Å². The third-order valence-corrected chi connectivity index (χ3v) is 2.79. The lowest BCUT2D eigenvalue weighted by Crippen LogP contribution is -2.08. The lowest BCUT2D eigenvalue weighted by atomic mass is 9.97. The molecule has 2 rings (SSSR count). The van der Waals surface area contributed by atoms with Crippen molar-refractivity contribution in [3.05, 3.63) is 59.2 Å². The summed E-state index contributed by atoms with van der Waals surface area (Å²) in [7, 11) is 0. The fourth-order valence-corrected chi connectivity index (χ4v) is 1.86. The van der Waals surface area contributed by atoms with Crippen LogP contribution in [-0.4, -0.2) is 11.1 Å². The van der Waals surface area contributed by atoms with Crippen LogP contribution in [0.3, 0.4) is 0 Å². The van der Waals surface area contributed by atoms with Gasteiger partial charge in [0.25, 0.3) is 0 Å². The predicted octanol–water partition coefficient (Wildman–Crippen LogP) is 4.35. The largest absolute Gasteiger partial charge is 0.478 e. The molecule has 0 saturated carbocycles. The Hall–Kier alpha value is -2.44. The van der Waals surface area contributed by atoms with Gasteiger partial charge in [0.1, 0.15) is 11.6 Å². The molecule has 110 valence electrons. The summed E-state index contributed by atoms with van der Waals surface area (Å²) in [6, 6.07) is 4.73. The summed E-state index contributed by atoms with van der Waals surface area (Å²) in [6.45, 7) is 0. The van der Waals surface area contributed by atoms with E-state index < -0.39 is 34.9 Å². The number of hydrogen-bond acceptors (Lipinski definition) is 1. The van der Waals surface area contributed by atoms with Crippen LogP contribution in [-0.2, 0) is 6.18 Å². The predicted molar refractivity (Wildman–Crippen MR) is 63.8 cm³/mol. The van der Waals surface area contributed by atoms with Crippen molar-refractivity contribution in [3.63, 3.8) is 0 Å². The van der Waals surface area contributed by atoms with Gasteiger partial charge in [0.2, 0.25) is 0 Å². The molecule has 2 aromatic carbocycles. The Morgan fingerprint density at radius 2 is 1.67 bits per heavy atom. The van der Waals surface area contributed by atoms with Crippen LogP contribution in [0.5, 0.6) is 0 Å². The minimum Gasteiger partial charge on any atom is -0.478 e. The van der Waals surface area contributed by atoms with E-state index >= 15 is 0 Å². The van der Waals surface area contributed by atoms with Crippen molar-refractivity contribution < 1.29 is 31.9 Å². The van der Waals surface area contributed by atoms with Gasteiger partial charge in [-0.25, -0.2) is 13.6 Å². The van der Waals surface area contributed by atoms with Gasteiger partial charge in [-0.3, -0.25) is 0 Å². The van der Waals surface area contributed by atoms with E-state index in [2.05, 4.69) is 0 Å². The number of benzene rings is 2. The molecular weight excluding hydrogens is 295 g/mol. The maximum Gasteiger partial charge on any atom is 0.419 e. The highest BCUT2D eigenvalue weighted by atomic mass is 19.4. The van der Waals surface area contributed by atoms with Gasteiger partial charge >= 0.3 is 12.1 Å². The van der Waals surface area contributed by atoms with Gasteiger partial charge < -0.3 is 5.11 Å². The summed E-state index contributed by atoms with van der Waals surface area (Å²) in [6.07, 6.45) is -4.91. The lowest BCUT2D eigenvalue weighted by molar-refractivity contribution is -0.139. The monoisotopic (exact) mass is 302 g/mol. The van der Waals surface area contributed by atoms with Crippen LogP contribution >= 0.6 is 0 Å². The van der Waals surface area contributed by atoms with E-state index in [-0.39, 0.29) is 11.1 Å². The summed E-state index contributed by atoms with van der Waals surface area (Å²) in [4.78, 5) is 11.0. The SMILES string of the molecule is O=C(O)c1cc(F)ccc1-c1ccc(F)c(C(F)(F)F)c1. The molecule has 1 N–H and O–H groups in total. The highest BCUT2D eigenvalue weighted by Gasteiger charge is 2.34. The van der Waals surface area contributed by atoms with E-state index in [9.17, 15) is 26.7 Å². The molecule has 7 heteroatoms. The molecule has 0 atom stereocenters. The van der Waals surface area contributed by atoms with Gasteiger partial charge in [0, 0.05) is 0 Å². The Bertz CT molecular complexity index is 707. The van der Waals surface area contributed by atoms with Gasteiger partial charge in [0.05, 0.1) is 11.1 Å². The van der Waals surface area contributed by atoms with Gasteiger partial charge in [0.15, 0.2) is 0 Å². The molecule has 0 radical (unpaired) electrons. The zero-order valence-corrected chi connectivity index (χ0v) is 10.2. The summed E-state index contributed by atoms with van der Waals surface area (Å²) < 4.78 is 64.2. The second-order valence-electron chi connectivity index (χ2n) is 4.19. The second-order valence-corrected chi connectivity index (χ2v) is 4.19. The second kappa shape index (κ2) is 5.16. The molecule has 0 amide bonds. The van der Waals surface area contributed by atoms with Crippen molar-refractivity contribution in [1.82, 2.24) is 0 Å². The Morgan fingerprint density at radius 3 is 2.24 bits per heavy atom. The van der Waals surface area contributed by atoms with Crippen LogP contribution in [0.2, 0.25) is 0 Å². The smallest absolute Gasteiger partial charge is 0.419 e. The number of alkyl halides is 3. The van der Waals surface area contributed by atoms with Crippen LogP contribution in [0.1, 0.15) is 15.9 Å². The Balaban J connectivity index is 2.66. The average Bonchev–Trinajstić information content (AvgIpc) is 2.38. The number of rotatable bonds is 2. The first-order chi connectivity index (χ1) is 9.70. The third kappa shape index (κ3) is 3.01. The van der Waals surface area contributed by atoms with E-state index in [4.69, 9.17) is 5.11 Å². The quantitative estimate of drug-likeness (QED) is 0.837. The number of carbonyl (C=O) groups is 1. The number of carboxylic acids is 1. The number of carboxylic acid groups (broad SMARTS) is 1. The number of halogens is 5. The van der Waals surface area contributed by atoms with Crippen molar-refractivity contribution in [3.8, 4) is 11.1 Å². The van der Waals surface area contributed by atoms with Gasteiger partial charge in [-0.05, 0) is 35.4 Å². The zero-order valence-electron chi connectivity index (χ0n) is 10.2. The molecule has 0 bridgehead atoms. The topological polar surface area (TPSA) is 37.3 Å². The normalized spacial score (nSPS) is 11.5. The van der Waals surface area contributed by atoms with E-state index in [1.807, 2.05) is 0 Å². The molecule has 21 heavy (non-hydrogen) atoms. The first kappa shape index (κ1) is 15.0. The molecule has 0 aliphatic carbocycles. The molecule has 0 aromatic heterocycles. The Kier molecular flexibility index (Phi) is 3.67. The van der Waals surface area contributed by atoms with Crippen LogP contribution in [0, 0.1) is 11.6 Å². The van der Waals surface area contributed by atoms with E-state index in [1.165, 1.54) is 0 Å².